The van der Waals surface area contributed by atoms with Crippen LogP contribution in [0.5, 0.6) is 0 Å². The Morgan fingerprint density at radius 2 is 2.25 bits per heavy atom. The van der Waals surface area contributed by atoms with Gasteiger partial charge in [-0.3, -0.25) is 0 Å². The Morgan fingerprint density at radius 1 is 1.42 bits per heavy atom. The Bertz CT molecular complexity index is 147. The summed E-state index contributed by atoms with van der Waals surface area (Å²) in [6, 6.07) is 0. The van der Waals surface area contributed by atoms with Crippen LogP contribution in [-0.2, 0) is 0 Å². The van der Waals surface area contributed by atoms with Gasteiger partial charge >= 0.3 is 0 Å². The second kappa shape index (κ2) is 5.36. The average Bonchev–Trinajstić information content (AvgIpc) is 2.05. The van der Waals surface area contributed by atoms with E-state index in [9.17, 15) is 0 Å². The minimum Gasteiger partial charge on any atom is -0.309 e. The summed E-state index contributed by atoms with van der Waals surface area (Å²) >= 11 is 0. The normalized spacial score (nSPS) is 18.1. The molecule has 1 radical (unpaired) electrons. The number of allylic oxidation sites excluding steroid dienone is 2. The lowest BCUT2D eigenvalue weighted by molar-refractivity contribution is 0.399. The van der Waals surface area contributed by atoms with Crippen LogP contribution in [0.25, 0.3) is 0 Å². The van der Waals surface area contributed by atoms with Crippen LogP contribution in [-0.4, -0.2) is 25.5 Å². The molecule has 0 saturated carbocycles. The van der Waals surface area contributed by atoms with Crippen molar-refractivity contribution >= 4 is 0 Å². The van der Waals surface area contributed by atoms with Crippen molar-refractivity contribution in [1.29, 1.82) is 0 Å². The van der Waals surface area contributed by atoms with Crippen LogP contribution in [0.1, 0.15) is 32.1 Å². The Balaban J connectivity index is 2.09. The van der Waals surface area contributed by atoms with E-state index >= 15 is 0 Å². The van der Waals surface area contributed by atoms with Gasteiger partial charge < -0.3 is 4.90 Å². The molecule has 69 valence electrons. The van der Waals surface area contributed by atoms with Crippen molar-refractivity contribution in [2.75, 3.05) is 20.6 Å². The van der Waals surface area contributed by atoms with Crippen LogP contribution in [0.15, 0.2) is 11.6 Å². The van der Waals surface area contributed by atoms with Crippen LogP contribution < -0.4 is 0 Å². The maximum Gasteiger partial charge on any atom is -0.00218 e. The van der Waals surface area contributed by atoms with Crippen molar-refractivity contribution in [1.82, 2.24) is 4.90 Å². The van der Waals surface area contributed by atoms with Gasteiger partial charge in [-0.05, 0) is 59.2 Å². The van der Waals surface area contributed by atoms with Gasteiger partial charge in [-0.1, -0.05) is 11.6 Å². The molecule has 1 heteroatoms. The Kier molecular flexibility index (Phi) is 4.37. The van der Waals surface area contributed by atoms with E-state index in [-0.39, 0.29) is 0 Å². The van der Waals surface area contributed by atoms with Gasteiger partial charge in [0.2, 0.25) is 0 Å². The van der Waals surface area contributed by atoms with E-state index in [1.165, 1.54) is 38.6 Å². The molecule has 12 heavy (non-hydrogen) atoms. The highest BCUT2D eigenvalue weighted by Crippen LogP contribution is 2.20. The van der Waals surface area contributed by atoms with Crippen molar-refractivity contribution < 1.29 is 0 Å². The van der Waals surface area contributed by atoms with E-state index in [1.807, 2.05) is 0 Å². The van der Waals surface area contributed by atoms with Gasteiger partial charge in [-0.2, -0.15) is 0 Å². The number of hydrogen-bond acceptors (Lipinski definition) is 1. The first-order valence-electron chi connectivity index (χ1n) is 4.93. The smallest absolute Gasteiger partial charge is 0.00218 e. The standard InChI is InChI=1S/C11H20N/c1-12(2)10-6-9-11-7-4-3-5-8-11/h3,7H,4-6,8-10H2,1-2H3. The third-order valence-electron chi connectivity index (χ3n) is 2.35. The van der Waals surface area contributed by atoms with Crippen molar-refractivity contribution in [3.05, 3.63) is 18.1 Å². The summed E-state index contributed by atoms with van der Waals surface area (Å²) in [5, 5.41) is 0. The Labute approximate surface area is 76.5 Å². The summed E-state index contributed by atoms with van der Waals surface area (Å²) in [4.78, 5) is 2.26. The second-order valence-electron chi connectivity index (χ2n) is 3.83. The van der Waals surface area contributed by atoms with Crippen LogP contribution >= 0.6 is 0 Å². The molecule has 1 nitrogen and oxygen atoms in total. The van der Waals surface area contributed by atoms with E-state index < -0.39 is 0 Å². The molecule has 0 bridgehead atoms. The van der Waals surface area contributed by atoms with Crippen LogP contribution in [0.3, 0.4) is 0 Å². The lowest BCUT2D eigenvalue weighted by atomic mass is 9.96. The molecule has 1 aliphatic carbocycles. The van der Waals surface area contributed by atoms with Gasteiger partial charge in [0.25, 0.3) is 0 Å². The van der Waals surface area contributed by atoms with Gasteiger partial charge in [0, 0.05) is 0 Å². The van der Waals surface area contributed by atoms with E-state index in [0.29, 0.717) is 0 Å². The zero-order chi connectivity index (χ0) is 8.81. The zero-order valence-electron chi connectivity index (χ0n) is 8.34. The molecule has 0 spiro atoms. The fourth-order valence-electron chi connectivity index (χ4n) is 1.61. The monoisotopic (exact) mass is 166 g/mol. The van der Waals surface area contributed by atoms with Crippen molar-refractivity contribution in [3.8, 4) is 0 Å². The van der Waals surface area contributed by atoms with Crippen LogP contribution in [0.4, 0.5) is 0 Å². The molecule has 0 aromatic carbocycles. The molecule has 0 N–H and O–H groups in total. The molecule has 0 fully saturated rings. The molecule has 0 aliphatic heterocycles. The predicted octanol–water partition coefficient (Wildman–Crippen LogP) is 2.64. The van der Waals surface area contributed by atoms with Gasteiger partial charge in [0.05, 0.1) is 0 Å². The fraction of sp³-hybridized carbons (Fsp3) is 0.727. The number of nitrogens with zero attached hydrogens (tertiary/aromatic N) is 1. The highest BCUT2D eigenvalue weighted by atomic mass is 15.0. The highest BCUT2D eigenvalue weighted by Gasteiger charge is 2.02. The lowest BCUT2D eigenvalue weighted by Gasteiger charge is -2.14. The molecule has 0 aromatic rings. The maximum atomic E-state index is 2.40. The molecule has 1 rings (SSSR count). The molecule has 0 amide bonds. The molecule has 0 saturated heterocycles. The molecule has 0 atom stereocenters. The minimum absolute atomic E-state index is 1.21. The molecule has 1 aliphatic rings. The van der Waals surface area contributed by atoms with Gasteiger partial charge in [-0.15, -0.1) is 0 Å². The zero-order valence-corrected chi connectivity index (χ0v) is 8.34. The SMILES string of the molecule is CN(C)CCCC1=CC[CH]CC1. The third kappa shape index (κ3) is 3.91. The summed E-state index contributed by atoms with van der Waals surface area (Å²) in [5.41, 5.74) is 1.68. The Morgan fingerprint density at radius 3 is 2.83 bits per heavy atom. The topological polar surface area (TPSA) is 3.24 Å². The van der Waals surface area contributed by atoms with E-state index in [4.69, 9.17) is 0 Å². The molecule has 0 unspecified atom stereocenters. The van der Waals surface area contributed by atoms with Crippen molar-refractivity contribution in [2.24, 2.45) is 0 Å². The summed E-state index contributed by atoms with van der Waals surface area (Å²) < 4.78 is 0. The van der Waals surface area contributed by atoms with Crippen molar-refractivity contribution in [2.45, 2.75) is 32.1 Å². The lowest BCUT2D eigenvalue weighted by Crippen LogP contribution is -2.13. The first-order chi connectivity index (χ1) is 5.79. The maximum absolute atomic E-state index is 2.40. The van der Waals surface area contributed by atoms with Gasteiger partial charge in [0.1, 0.15) is 0 Å². The molecular formula is C11H20N. The number of rotatable bonds is 4. The first kappa shape index (κ1) is 9.79. The quantitative estimate of drug-likeness (QED) is 0.580. The average molecular weight is 166 g/mol. The first-order valence-corrected chi connectivity index (χ1v) is 4.93. The summed E-state index contributed by atoms with van der Waals surface area (Å²) in [6.07, 6.45) is 11.2. The fourth-order valence-corrected chi connectivity index (χ4v) is 1.61. The van der Waals surface area contributed by atoms with E-state index in [0.717, 1.165) is 0 Å². The summed E-state index contributed by atoms with van der Waals surface area (Å²) in [7, 11) is 4.28. The van der Waals surface area contributed by atoms with Gasteiger partial charge in [-0.25, -0.2) is 0 Å². The Hall–Kier alpha value is -0.300. The van der Waals surface area contributed by atoms with E-state index in [1.54, 1.807) is 5.57 Å². The third-order valence-corrected chi connectivity index (χ3v) is 2.35. The molecule has 0 heterocycles. The van der Waals surface area contributed by atoms with E-state index in [2.05, 4.69) is 31.5 Å². The summed E-state index contributed by atoms with van der Waals surface area (Å²) in [5.74, 6) is 0. The van der Waals surface area contributed by atoms with Crippen LogP contribution in [0.2, 0.25) is 0 Å². The largest absolute Gasteiger partial charge is 0.309 e. The van der Waals surface area contributed by atoms with Crippen LogP contribution in [0, 0.1) is 6.42 Å². The minimum atomic E-state index is 1.21. The number of hydrogen-bond donors (Lipinski definition) is 0. The molecule has 0 aromatic heterocycles. The summed E-state index contributed by atoms with van der Waals surface area (Å²) in [6.45, 7) is 1.22. The highest BCUT2D eigenvalue weighted by molar-refractivity contribution is 5.08. The van der Waals surface area contributed by atoms with Gasteiger partial charge in [0.15, 0.2) is 0 Å². The van der Waals surface area contributed by atoms with Crippen molar-refractivity contribution in [3.63, 3.8) is 0 Å². The second-order valence-corrected chi connectivity index (χ2v) is 3.83. The predicted molar refractivity (Wildman–Crippen MR) is 54.0 cm³/mol. The molecular weight excluding hydrogens is 146 g/mol.